The molecule has 20 heavy (non-hydrogen) atoms. The zero-order valence-electron chi connectivity index (χ0n) is 12.2. The molecule has 4 atom stereocenters. The van der Waals surface area contributed by atoms with Crippen molar-refractivity contribution in [3.05, 3.63) is 0 Å². The molecule has 1 heterocycles. The largest absolute Gasteiger partial charge is 0.480 e. The van der Waals surface area contributed by atoms with Crippen LogP contribution in [0.1, 0.15) is 39.0 Å². The second kappa shape index (κ2) is 5.99. The van der Waals surface area contributed by atoms with Crippen LogP contribution in [0.5, 0.6) is 0 Å². The van der Waals surface area contributed by atoms with Gasteiger partial charge >= 0.3 is 12.0 Å². The minimum Gasteiger partial charge on any atom is -0.480 e. The van der Waals surface area contributed by atoms with Crippen LogP contribution in [-0.4, -0.2) is 63.8 Å². The third kappa shape index (κ3) is 3.06. The van der Waals surface area contributed by atoms with Crippen LogP contribution in [0.15, 0.2) is 0 Å². The number of carbonyl (C=O) groups excluding carboxylic acids is 1. The highest BCUT2D eigenvalue weighted by atomic mass is 16.4. The number of amides is 2. The Morgan fingerprint density at radius 1 is 1.25 bits per heavy atom. The van der Waals surface area contributed by atoms with Crippen LogP contribution in [0.25, 0.3) is 0 Å². The number of hydrogen-bond acceptors (Lipinski definition) is 3. The van der Waals surface area contributed by atoms with E-state index < -0.39 is 18.1 Å². The standard InChI is InChI=1S/C14H24N2O4/c1-9-4-3-5-10(6-9)15(2)14(20)16-8-11(17)7-12(16)13(18)19/h9-12,17H,3-8H2,1-2H3,(H,18,19)/t9?,10?,11-,12-/m1/s1. The Balaban J connectivity index is 2.03. The van der Waals surface area contributed by atoms with Crippen LogP contribution in [0.4, 0.5) is 4.79 Å². The Morgan fingerprint density at radius 2 is 1.95 bits per heavy atom. The Hall–Kier alpha value is -1.30. The molecule has 114 valence electrons. The molecule has 6 nitrogen and oxygen atoms in total. The second-order valence-corrected chi connectivity index (χ2v) is 6.22. The molecule has 0 aromatic heterocycles. The van der Waals surface area contributed by atoms with Crippen LogP contribution < -0.4 is 0 Å². The van der Waals surface area contributed by atoms with Gasteiger partial charge in [0, 0.05) is 26.1 Å². The molecule has 1 aliphatic heterocycles. The van der Waals surface area contributed by atoms with Gasteiger partial charge in [0.05, 0.1) is 6.10 Å². The van der Waals surface area contributed by atoms with Crippen molar-refractivity contribution in [3.8, 4) is 0 Å². The molecular formula is C14H24N2O4. The first kappa shape index (κ1) is 15.1. The molecule has 0 bridgehead atoms. The summed E-state index contributed by atoms with van der Waals surface area (Å²) in [5.74, 6) is -0.441. The third-order valence-electron chi connectivity index (χ3n) is 4.57. The Kier molecular flexibility index (Phi) is 4.52. The SMILES string of the molecule is CC1CCCC(N(C)C(=O)N2C[C@H](O)C[C@@H]2C(=O)O)C1. The molecule has 2 unspecified atom stereocenters. The van der Waals surface area contributed by atoms with Crippen LogP contribution >= 0.6 is 0 Å². The molecule has 2 fully saturated rings. The zero-order valence-corrected chi connectivity index (χ0v) is 12.2. The Bertz CT molecular complexity index is 387. The van der Waals surface area contributed by atoms with Crippen LogP contribution in [0.2, 0.25) is 0 Å². The molecule has 1 saturated heterocycles. The maximum atomic E-state index is 12.5. The van der Waals surface area contributed by atoms with Gasteiger partial charge in [-0.3, -0.25) is 0 Å². The third-order valence-corrected chi connectivity index (χ3v) is 4.57. The van der Waals surface area contributed by atoms with E-state index in [1.54, 1.807) is 11.9 Å². The van der Waals surface area contributed by atoms with Crippen molar-refractivity contribution in [1.82, 2.24) is 9.80 Å². The minimum absolute atomic E-state index is 0.114. The lowest BCUT2D eigenvalue weighted by atomic mass is 9.86. The minimum atomic E-state index is -1.04. The summed E-state index contributed by atoms with van der Waals surface area (Å²) < 4.78 is 0. The number of rotatable bonds is 2. The van der Waals surface area contributed by atoms with Gasteiger partial charge in [0.15, 0.2) is 0 Å². The monoisotopic (exact) mass is 284 g/mol. The lowest BCUT2D eigenvalue weighted by Crippen LogP contribution is -2.50. The van der Waals surface area contributed by atoms with Gasteiger partial charge in [-0.2, -0.15) is 0 Å². The van der Waals surface area contributed by atoms with Crippen molar-refractivity contribution in [3.63, 3.8) is 0 Å². The number of urea groups is 1. The molecule has 0 radical (unpaired) electrons. The fourth-order valence-corrected chi connectivity index (χ4v) is 3.37. The summed E-state index contributed by atoms with van der Waals surface area (Å²) >= 11 is 0. The number of aliphatic hydroxyl groups excluding tert-OH is 1. The van der Waals surface area contributed by atoms with E-state index in [4.69, 9.17) is 5.11 Å². The Morgan fingerprint density at radius 3 is 2.55 bits per heavy atom. The van der Waals surface area contributed by atoms with E-state index in [-0.39, 0.29) is 25.0 Å². The molecule has 0 aromatic rings. The van der Waals surface area contributed by atoms with Gasteiger partial charge in [-0.25, -0.2) is 9.59 Å². The Labute approximate surface area is 119 Å². The molecule has 0 aromatic carbocycles. The lowest BCUT2D eigenvalue weighted by molar-refractivity contribution is -0.141. The maximum absolute atomic E-state index is 12.5. The summed E-state index contributed by atoms with van der Waals surface area (Å²) in [5.41, 5.74) is 0. The summed E-state index contributed by atoms with van der Waals surface area (Å²) in [6.07, 6.45) is 3.62. The maximum Gasteiger partial charge on any atom is 0.326 e. The molecule has 0 spiro atoms. The van der Waals surface area contributed by atoms with E-state index in [1.165, 1.54) is 11.3 Å². The molecule has 6 heteroatoms. The van der Waals surface area contributed by atoms with Crippen molar-refractivity contribution in [2.24, 2.45) is 5.92 Å². The number of carbonyl (C=O) groups is 2. The number of aliphatic hydroxyl groups is 1. The van der Waals surface area contributed by atoms with Gasteiger partial charge in [0.1, 0.15) is 6.04 Å². The molecule has 2 rings (SSSR count). The van der Waals surface area contributed by atoms with Crippen molar-refractivity contribution >= 4 is 12.0 Å². The average Bonchev–Trinajstić information content (AvgIpc) is 2.79. The van der Waals surface area contributed by atoms with E-state index in [2.05, 4.69) is 6.92 Å². The predicted octanol–water partition coefficient (Wildman–Crippen LogP) is 1.14. The fourth-order valence-electron chi connectivity index (χ4n) is 3.37. The number of β-amino-alcohol motifs (C(OH)–C–C–N with tert-alkyl or cyclic N) is 1. The fraction of sp³-hybridized carbons (Fsp3) is 0.857. The van der Waals surface area contributed by atoms with Gasteiger partial charge in [-0.15, -0.1) is 0 Å². The van der Waals surface area contributed by atoms with Crippen molar-refractivity contribution in [2.75, 3.05) is 13.6 Å². The van der Waals surface area contributed by atoms with Gasteiger partial charge in [0.2, 0.25) is 0 Å². The van der Waals surface area contributed by atoms with Crippen LogP contribution in [-0.2, 0) is 4.79 Å². The van der Waals surface area contributed by atoms with Gasteiger partial charge in [-0.1, -0.05) is 19.8 Å². The van der Waals surface area contributed by atoms with E-state index in [0.717, 1.165) is 19.3 Å². The molecule has 2 aliphatic rings. The van der Waals surface area contributed by atoms with E-state index in [0.29, 0.717) is 5.92 Å². The highest BCUT2D eigenvalue weighted by Crippen LogP contribution is 2.28. The number of carboxylic acid groups (broad SMARTS) is 1. The summed E-state index contributed by atoms with van der Waals surface area (Å²) in [4.78, 5) is 26.6. The second-order valence-electron chi connectivity index (χ2n) is 6.22. The van der Waals surface area contributed by atoms with Crippen LogP contribution in [0.3, 0.4) is 0 Å². The average molecular weight is 284 g/mol. The highest BCUT2D eigenvalue weighted by Gasteiger charge is 2.41. The first-order valence-corrected chi connectivity index (χ1v) is 7.34. The van der Waals surface area contributed by atoms with Crippen molar-refractivity contribution in [2.45, 2.75) is 57.2 Å². The van der Waals surface area contributed by atoms with Gasteiger partial charge in [-0.05, 0) is 18.8 Å². The number of aliphatic carboxylic acids is 1. The normalized spacial score (nSPS) is 34.0. The van der Waals surface area contributed by atoms with Crippen LogP contribution in [0, 0.1) is 5.92 Å². The summed E-state index contributed by atoms with van der Waals surface area (Å²) in [5, 5.41) is 18.8. The van der Waals surface area contributed by atoms with Crippen molar-refractivity contribution in [1.29, 1.82) is 0 Å². The van der Waals surface area contributed by atoms with Gasteiger partial charge in [0.25, 0.3) is 0 Å². The summed E-state index contributed by atoms with van der Waals surface area (Å²) in [7, 11) is 1.74. The topological polar surface area (TPSA) is 81.1 Å². The molecule has 2 amide bonds. The number of hydrogen-bond donors (Lipinski definition) is 2. The predicted molar refractivity (Wildman–Crippen MR) is 73.3 cm³/mol. The summed E-state index contributed by atoms with van der Waals surface area (Å²) in [6.45, 7) is 2.30. The highest BCUT2D eigenvalue weighted by molar-refractivity contribution is 5.83. The molecular weight excluding hydrogens is 260 g/mol. The molecule has 1 saturated carbocycles. The number of carboxylic acids is 1. The van der Waals surface area contributed by atoms with E-state index >= 15 is 0 Å². The lowest BCUT2D eigenvalue weighted by Gasteiger charge is -2.37. The molecule has 2 N–H and O–H groups in total. The first-order chi connectivity index (χ1) is 9.40. The van der Waals surface area contributed by atoms with E-state index in [1.807, 2.05) is 0 Å². The first-order valence-electron chi connectivity index (χ1n) is 7.34. The quantitative estimate of drug-likeness (QED) is 0.796. The molecule has 1 aliphatic carbocycles. The summed E-state index contributed by atoms with van der Waals surface area (Å²) in [6, 6.07) is -0.993. The zero-order chi connectivity index (χ0) is 14.9. The van der Waals surface area contributed by atoms with Crippen molar-refractivity contribution < 1.29 is 19.8 Å². The number of nitrogens with zero attached hydrogens (tertiary/aromatic N) is 2. The number of likely N-dealkylation sites (tertiary alicyclic amines) is 1. The van der Waals surface area contributed by atoms with Gasteiger partial charge < -0.3 is 20.0 Å². The smallest absolute Gasteiger partial charge is 0.326 e. The van der Waals surface area contributed by atoms with E-state index in [9.17, 15) is 14.7 Å².